The minimum atomic E-state index is -0.0649. The van der Waals surface area contributed by atoms with Gasteiger partial charge in [0.05, 0.1) is 6.20 Å². The van der Waals surface area contributed by atoms with Crippen LogP contribution in [0.5, 0.6) is 0 Å². The summed E-state index contributed by atoms with van der Waals surface area (Å²) in [6.07, 6.45) is 7.11. The molecule has 1 saturated heterocycles. The monoisotopic (exact) mass is 341 g/mol. The van der Waals surface area contributed by atoms with Crippen molar-refractivity contribution in [1.29, 1.82) is 0 Å². The number of fused-ring (bicyclic) bond motifs is 2. The summed E-state index contributed by atoms with van der Waals surface area (Å²) in [5.74, 6) is 2.56. The Morgan fingerprint density at radius 2 is 2.08 bits per heavy atom. The summed E-state index contributed by atoms with van der Waals surface area (Å²) < 4.78 is 3.90. The summed E-state index contributed by atoms with van der Waals surface area (Å²) in [6, 6.07) is 0.346. The van der Waals surface area contributed by atoms with Crippen LogP contribution in [0.25, 0.3) is 0 Å². The van der Waals surface area contributed by atoms with Crippen molar-refractivity contribution in [3.05, 3.63) is 29.6 Å². The molecule has 0 radical (unpaired) electrons. The molecule has 0 bridgehead atoms. The molecule has 1 saturated carbocycles. The fourth-order valence-electron chi connectivity index (χ4n) is 4.21. The van der Waals surface area contributed by atoms with Gasteiger partial charge in [-0.05, 0) is 24.7 Å². The maximum atomic E-state index is 12.4. The average Bonchev–Trinajstić information content (AvgIpc) is 2.98. The SMILES string of the molecule is Cn1cc(CN2C[C@H]3Cc4nnc(C(=O)NC5CC5)n4C[C@H]3C2)cn1. The molecule has 0 spiro atoms. The fourth-order valence-corrected chi connectivity index (χ4v) is 4.21. The number of aryl methyl sites for hydroxylation is 1. The Bertz CT molecular complexity index is 806. The second kappa shape index (κ2) is 5.66. The van der Waals surface area contributed by atoms with E-state index in [1.807, 2.05) is 22.5 Å². The maximum Gasteiger partial charge on any atom is 0.289 e. The van der Waals surface area contributed by atoms with Crippen molar-refractivity contribution in [2.75, 3.05) is 13.1 Å². The summed E-state index contributed by atoms with van der Waals surface area (Å²) in [5, 5.41) is 15.8. The Morgan fingerprint density at radius 3 is 2.84 bits per heavy atom. The topological polar surface area (TPSA) is 80.9 Å². The Hall–Kier alpha value is -2.22. The molecule has 4 heterocycles. The van der Waals surface area contributed by atoms with Crippen LogP contribution in [0, 0.1) is 11.8 Å². The number of nitrogens with one attached hydrogen (secondary N) is 1. The van der Waals surface area contributed by atoms with E-state index in [1.165, 1.54) is 5.56 Å². The molecule has 2 aromatic heterocycles. The first-order valence-corrected chi connectivity index (χ1v) is 9.08. The predicted octanol–water partition coefficient (Wildman–Crippen LogP) is 0.208. The largest absolute Gasteiger partial charge is 0.347 e. The second-order valence-electron chi connectivity index (χ2n) is 7.74. The summed E-state index contributed by atoms with van der Waals surface area (Å²) in [7, 11) is 1.95. The summed E-state index contributed by atoms with van der Waals surface area (Å²) >= 11 is 0. The number of amides is 1. The van der Waals surface area contributed by atoms with Crippen LogP contribution in [-0.2, 0) is 26.6 Å². The fraction of sp³-hybridized carbons (Fsp3) is 0.647. The number of nitrogens with zero attached hydrogens (tertiary/aromatic N) is 6. The number of likely N-dealkylation sites (tertiary alicyclic amines) is 1. The van der Waals surface area contributed by atoms with Crippen molar-refractivity contribution in [2.24, 2.45) is 18.9 Å². The molecule has 132 valence electrons. The molecule has 1 aliphatic carbocycles. The van der Waals surface area contributed by atoms with E-state index >= 15 is 0 Å². The molecular weight excluding hydrogens is 318 g/mol. The molecule has 2 fully saturated rings. The third kappa shape index (κ3) is 2.84. The van der Waals surface area contributed by atoms with Gasteiger partial charge in [0.1, 0.15) is 5.82 Å². The molecule has 0 unspecified atom stereocenters. The molecule has 2 aromatic rings. The molecular formula is C17H23N7O. The second-order valence-corrected chi connectivity index (χ2v) is 7.74. The molecule has 8 nitrogen and oxygen atoms in total. The number of carbonyl (C=O) groups excluding carboxylic acids is 1. The number of carbonyl (C=O) groups is 1. The molecule has 0 aromatic carbocycles. The zero-order valence-electron chi connectivity index (χ0n) is 14.4. The van der Waals surface area contributed by atoms with E-state index in [9.17, 15) is 4.79 Å². The van der Waals surface area contributed by atoms with Crippen LogP contribution in [0.3, 0.4) is 0 Å². The smallest absolute Gasteiger partial charge is 0.289 e. The van der Waals surface area contributed by atoms with Gasteiger partial charge in [0, 0.05) is 57.4 Å². The van der Waals surface area contributed by atoms with Crippen molar-refractivity contribution < 1.29 is 4.79 Å². The molecule has 1 N–H and O–H groups in total. The maximum absolute atomic E-state index is 12.4. The molecule has 2 aliphatic heterocycles. The quantitative estimate of drug-likeness (QED) is 0.860. The average molecular weight is 341 g/mol. The third-order valence-electron chi connectivity index (χ3n) is 5.62. The van der Waals surface area contributed by atoms with Crippen molar-refractivity contribution in [3.63, 3.8) is 0 Å². The van der Waals surface area contributed by atoms with E-state index in [-0.39, 0.29) is 5.91 Å². The van der Waals surface area contributed by atoms with Crippen LogP contribution in [0.1, 0.15) is 34.8 Å². The van der Waals surface area contributed by atoms with Crippen LogP contribution >= 0.6 is 0 Å². The lowest BCUT2D eigenvalue weighted by molar-refractivity contribution is 0.0932. The molecule has 25 heavy (non-hydrogen) atoms. The highest BCUT2D eigenvalue weighted by Gasteiger charge is 2.39. The van der Waals surface area contributed by atoms with Crippen LogP contribution < -0.4 is 5.32 Å². The van der Waals surface area contributed by atoms with Gasteiger partial charge in [-0.1, -0.05) is 0 Å². The van der Waals surface area contributed by atoms with Crippen LogP contribution in [-0.4, -0.2) is 54.5 Å². The highest BCUT2D eigenvalue weighted by atomic mass is 16.2. The van der Waals surface area contributed by atoms with Gasteiger partial charge in [0.25, 0.3) is 5.91 Å². The lowest BCUT2D eigenvalue weighted by Gasteiger charge is -2.25. The molecule has 2 atom stereocenters. The van der Waals surface area contributed by atoms with Gasteiger partial charge >= 0.3 is 0 Å². The summed E-state index contributed by atoms with van der Waals surface area (Å²) in [4.78, 5) is 14.9. The third-order valence-corrected chi connectivity index (χ3v) is 5.62. The number of hydrogen-bond donors (Lipinski definition) is 1. The van der Waals surface area contributed by atoms with E-state index < -0.39 is 0 Å². The molecule has 3 aliphatic rings. The zero-order valence-corrected chi connectivity index (χ0v) is 14.4. The van der Waals surface area contributed by atoms with E-state index in [1.54, 1.807) is 0 Å². The lowest BCUT2D eigenvalue weighted by Crippen LogP contribution is -2.33. The van der Waals surface area contributed by atoms with Crippen molar-refractivity contribution in [2.45, 2.75) is 38.4 Å². The summed E-state index contributed by atoms with van der Waals surface area (Å²) in [5.41, 5.74) is 1.25. The van der Waals surface area contributed by atoms with Gasteiger partial charge in [-0.2, -0.15) is 5.10 Å². The van der Waals surface area contributed by atoms with Gasteiger partial charge in [0.15, 0.2) is 0 Å². The van der Waals surface area contributed by atoms with E-state index in [0.29, 0.717) is 23.7 Å². The van der Waals surface area contributed by atoms with E-state index in [0.717, 1.165) is 51.3 Å². The van der Waals surface area contributed by atoms with Gasteiger partial charge in [-0.3, -0.25) is 14.4 Å². The van der Waals surface area contributed by atoms with E-state index in [4.69, 9.17) is 0 Å². The predicted molar refractivity (Wildman–Crippen MR) is 89.7 cm³/mol. The summed E-state index contributed by atoms with van der Waals surface area (Å²) in [6.45, 7) is 3.93. The van der Waals surface area contributed by atoms with E-state index in [2.05, 4.69) is 31.7 Å². The Balaban J connectivity index is 1.28. The van der Waals surface area contributed by atoms with Crippen LogP contribution in [0.4, 0.5) is 0 Å². The number of hydrogen-bond acceptors (Lipinski definition) is 5. The first-order valence-electron chi connectivity index (χ1n) is 9.08. The van der Waals surface area contributed by atoms with Crippen LogP contribution in [0.2, 0.25) is 0 Å². The minimum absolute atomic E-state index is 0.0649. The normalized spacial score (nSPS) is 25.6. The highest BCUT2D eigenvalue weighted by Crippen LogP contribution is 2.33. The Kier molecular flexibility index (Phi) is 3.41. The van der Waals surface area contributed by atoms with Gasteiger partial charge in [-0.25, -0.2) is 0 Å². The highest BCUT2D eigenvalue weighted by molar-refractivity contribution is 5.91. The minimum Gasteiger partial charge on any atom is -0.347 e. The Morgan fingerprint density at radius 1 is 1.24 bits per heavy atom. The molecule has 1 amide bonds. The van der Waals surface area contributed by atoms with Gasteiger partial charge < -0.3 is 9.88 Å². The number of rotatable bonds is 4. The molecule has 8 heteroatoms. The Labute approximate surface area is 146 Å². The standard InChI is InChI=1S/C17H23N7O/c1-22-6-11(5-18-22)7-23-8-12-4-15-20-21-16(17(25)19-14-2-3-14)24(15)10-13(12)9-23/h5-6,12-14H,2-4,7-10H2,1H3,(H,19,25)/t12-,13-/m1/s1. The van der Waals surface area contributed by atoms with Crippen molar-refractivity contribution in [1.82, 2.24) is 34.8 Å². The zero-order chi connectivity index (χ0) is 17.0. The first kappa shape index (κ1) is 15.1. The van der Waals surface area contributed by atoms with Gasteiger partial charge in [0.2, 0.25) is 5.82 Å². The van der Waals surface area contributed by atoms with Gasteiger partial charge in [-0.15, -0.1) is 10.2 Å². The number of aromatic nitrogens is 5. The lowest BCUT2D eigenvalue weighted by atomic mass is 9.89. The first-order chi connectivity index (χ1) is 12.2. The molecule has 5 rings (SSSR count). The van der Waals surface area contributed by atoms with Crippen molar-refractivity contribution >= 4 is 5.91 Å². The van der Waals surface area contributed by atoms with Crippen LogP contribution in [0.15, 0.2) is 12.4 Å². The van der Waals surface area contributed by atoms with Crippen molar-refractivity contribution in [3.8, 4) is 0 Å².